The third-order valence-electron chi connectivity index (χ3n) is 2.38. The topological polar surface area (TPSA) is 134 Å². The monoisotopic (exact) mass is 300 g/mol. The normalized spacial score (nSPS) is 11.7. The van der Waals surface area contributed by atoms with Crippen LogP contribution in [-0.4, -0.2) is 34.0 Å². The molecular formula is C11H16N4O4S. The maximum atomic E-state index is 11.6. The highest BCUT2D eigenvalue weighted by Gasteiger charge is 2.20. The van der Waals surface area contributed by atoms with Crippen molar-refractivity contribution in [1.29, 1.82) is 0 Å². The molecule has 8 nitrogen and oxygen atoms in total. The number of aromatic nitrogens is 1. The molecule has 0 unspecified atom stereocenters. The second-order valence-electron chi connectivity index (χ2n) is 4.07. The van der Waals surface area contributed by atoms with Crippen LogP contribution in [0.3, 0.4) is 0 Å². The van der Waals surface area contributed by atoms with Crippen molar-refractivity contribution >= 4 is 29.2 Å². The molecule has 0 radical (unpaired) electrons. The van der Waals surface area contributed by atoms with E-state index in [1.54, 1.807) is 6.20 Å². The molecule has 0 aliphatic rings. The number of amides is 3. The van der Waals surface area contributed by atoms with Crippen molar-refractivity contribution < 1.29 is 19.5 Å². The van der Waals surface area contributed by atoms with Gasteiger partial charge in [-0.25, -0.2) is 14.6 Å². The van der Waals surface area contributed by atoms with Crippen LogP contribution in [0, 0.1) is 6.92 Å². The van der Waals surface area contributed by atoms with E-state index < -0.39 is 23.9 Å². The fraction of sp³-hybridized carbons (Fsp3) is 0.455. The van der Waals surface area contributed by atoms with E-state index in [9.17, 15) is 14.4 Å². The Morgan fingerprint density at radius 1 is 1.50 bits per heavy atom. The van der Waals surface area contributed by atoms with Crippen LogP contribution in [-0.2, 0) is 16.1 Å². The second-order valence-corrected chi connectivity index (χ2v) is 5.39. The number of carbonyl (C=O) groups excluding carboxylic acids is 2. The number of aryl methyl sites for hydroxylation is 1. The maximum Gasteiger partial charge on any atom is 0.326 e. The minimum atomic E-state index is -1.21. The van der Waals surface area contributed by atoms with Gasteiger partial charge in [-0.05, 0) is 13.3 Å². The van der Waals surface area contributed by atoms with Gasteiger partial charge in [-0.1, -0.05) is 0 Å². The first-order valence-electron chi connectivity index (χ1n) is 5.85. The Kier molecular flexibility index (Phi) is 5.91. The third-order valence-corrected chi connectivity index (χ3v) is 3.29. The van der Waals surface area contributed by atoms with E-state index in [4.69, 9.17) is 10.8 Å². The number of nitrogens with zero attached hydrogens (tertiary/aromatic N) is 1. The van der Waals surface area contributed by atoms with Crippen molar-refractivity contribution in [3.05, 3.63) is 16.1 Å². The van der Waals surface area contributed by atoms with Gasteiger partial charge in [0.25, 0.3) is 0 Å². The molecule has 9 heteroatoms. The fourth-order valence-corrected chi connectivity index (χ4v) is 2.14. The summed E-state index contributed by atoms with van der Waals surface area (Å²) in [6.07, 6.45) is 1.49. The maximum absolute atomic E-state index is 11.6. The quantitative estimate of drug-likeness (QED) is 0.561. The van der Waals surface area contributed by atoms with E-state index in [-0.39, 0.29) is 19.4 Å². The smallest absolute Gasteiger partial charge is 0.326 e. The minimum Gasteiger partial charge on any atom is -0.480 e. The first-order chi connectivity index (χ1) is 9.38. The van der Waals surface area contributed by atoms with Crippen molar-refractivity contribution in [2.45, 2.75) is 32.4 Å². The number of nitrogens with two attached hydrogens (primary N) is 1. The summed E-state index contributed by atoms with van der Waals surface area (Å²) < 4.78 is 0. The average molecular weight is 300 g/mol. The fourth-order valence-electron chi connectivity index (χ4n) is 1.41. The van der Waals surface area contributed by atoms with Gasteiger partial charge in [-0.2, -0.15) is 0 Å². The number of carboxylic acids is 1. The first kappa shape index (κ1) is 15.9. The Bertz CT molecular complexity index is 502. The van der Waals surface area contributed by atoms with Gasteiger partial charge in [-0.3, -0.25) is 4.79 Å². The van der Waals surface area contributed by atoms with E-state index in [0.29, 0.717) is 0 Å². The van der Waals surface area contributed by atoms with Gasteiger partial charge in [0.15, 0.2) is 0 Å². The molecule has 0 aromatic carbocycles. The van der Waals surface area contributed by atoms with E-state index in [1.807, 2.05) is 6.92 Å². The molecule has 1 heterocycles. The summed E-state index contributed by atoms with van der Waals surface area (Å²) in [7, 11) is 0. The largest absolute Gasteiger partial charge is 0.480 e. The second kappa shape index (κ2) is 7.43. The minimum absolute atomic E-state index is 0.0439. The lowest BCUT2D eigenvalue weighted by atomic mass is 10.1. The lowest BCUT2D eigenvalue weighted by molar-refractivity contribution is -0.139. The van der Waals surface area contributed by atoms with Gasteiger partial charge in [-0.15, -0.1) is 11.3 Å². The summed E-state index contributed by atoms with van der Waals surface area (Å²) in [4.78, 5) is 38.0. The number of aliphatic carboxylic acids is 1. The molecule has 0 fully saturated rings. The Balaban J connectivity index is 2.41. The molecule has 0 saturated carbocycles. The summed E-state index contributed by atoms with van der Waals surface area (Å²) in [5.74, 6) is -1.83. The van der Waals surface area contributed by atoms with Crippen LogP contribution in [0.1, 0.15) is 22.7 Å². The number of urea groups is 1. The predicted octanol–water partition coefficient (Wildman–Crippen LogP) is -0.0306. The highest BCUT2D eigenvalue weighted by atomic mass is 32.1. The van der Waals surface area contributed by atoms with Crippen LogP contribution in [0.5, 0.6) is 0 Å². The van der Waals surface area contributed by atoms with E-state index in [1.165, 1.54) is 11.3 Å². The molecule has 0 aliphatic heterocycles. The van der Waals surface area contributed by atoms with Gasteiger partial charge in [0, 0.05) is 17.5 Å². The molecule has 1 aromatic rings. The molecule has 0 spiro atoms. The van der Waals surface area contributed by atoms with Crippen LogP contribution in [0.25, 0.3) is 0 Å². The van der Waals surface area contributed by atoms with Crippen LogP contribution in [0.2, 0.25) is 0 Å². The zero-order chi connectivity index (χ0) is 15.1. The number of carboxylic acid groups (broad SMARTS) is 1. The Morgan fingerprint density at radius 2 is 2.20 bits per heavy atom. The number of carbonyl (C=O) groups is 3. The van der Waals surface area contributed by atoms with Crippen molar-refractivity contribution in [3.63, 3.8) is 0 Å². The summed E-state index contributed by atoms with van der Waals surface area (Å²) in [5, 5.41) is 14.6. The van der Waals surface area contributed by atoms with Crippen LogP contribution in [0.4, 0.5) is 4.79 Å². The van der Waals surface area contributed by atoms with Gasteiger partial charge in [0.2, 0.25) is 5.91 Å². The highest BCUT2D eigenvalue weighted by Crippen LogP contribution is 2.10. The van der Waals surface area contributed by atoms with Crippen molar-refractivity contribution in [1.82, 2.24) is 15.6 Å². The Hall–Kier alpha value is -2.16. The third kappa shape index (κ3) is 5.65. The van der Waals surface area contributed by atoms with Gasteiger partial charge in [0.05, 0.1) is 11.6 Å². The Labute approximate surface area is 119 Å². The van der Waals surface area contributed by atoms with E-state index in [2.05, 4.69) is 15.6 Å². The molecular weight excluding hydrogens is 284 g/mol. The summed E-state index contributed by atoms with van der Waals surface area (Å²) in [5.41, 5.74) is 4.94. The molecule has 1 aromatic heterocycles. The molecule has 110 valence electrons. The SMILES string of the molecule is Cc1ncc(CNC(=O)N[C@H](CCC(N)=O)C(=O)O)s1. The van der Waals surface area contributed by atoms with Gasteiger partial charge in [0.1, 0.15) is 6.04 Å². The zero-order valence-electron chi connectivity index (χ0n) is 10.9. The van der Waals surface area contributed by atoms with Crippen LogP contribution < -0.4 is 16.4 Å². The molecule has 5 N–H and O–H groups in total. The van der Waals surface area contributed by atoms with E-state index in [0.717, 1.165) is 9.88 Å². The predicted molar refractivity (Wildman–Crippen MR) is 72.1 cm³/mol. The number of thiazole rings is 1. The summed E-state index contributed by atoms with van der Waals surface area (Å²) in [6, 6.07) is -1.77. The number of hydrogen-bond acceptors (Lipinski definition) is 5. The molecule has 1 atom stereocenters. The molecule has 20 heavy (non-hydrogen) atoms. The van der Waals surface area contributed by atoms with E-state index >= 15 is 0 Å². The van der Waals surface area contributed by atoms with Crippen LogP contribution in [0.15, 0.2) is 6.20 Å². The highest BCUT2D eigenvalue weighted by molar-refractivity contribution is 7.11. The number of rotatable bonds is 7. The average Bonchev–Trinajstić information content (AvgIpc) is 2.77. The molecule has 0 saturated heterocycles. The number of primary amides is 1. The molecule has 1 rings (SSSR count). The van der Waals surface area contributed by atoms with Crippen LogP contribution >= 0.6 is 11.3 Å². The molecule has 3 amide bonds. The summed E-state index contributed by atoms with van der Waals surface area (Å²) in [6.45, 7) is 2.11. The molecule has 0 bridgehead atoms. The first-order valence-corrected chi connectivity index (χ1v) is 6.67. The Morgan fingerprint density at radius 3 is 2.70 bits per heavy atom. The van der Waals surface area contributed by atoms with Crippen molar-refractivity contribution in [2.75, 3.05) is 0 Å². The number of hydrogen-bond donors (Lipinski definition) is 4. The van der Waals surface area contributed by atoms with Crippen molar-refractivity contribution in [3.8, 4) is 0 Å². The zero-order valence-corrected chi connectivity index (χ0v) is 11.7. The standard InChI is InChI=1S/C11H16N4O4S/c1-6-13-4-7(20-6)5-14-11(19)15-8(10(17)18)2-3-9(12)16/h4,8H,2-3,5H2,1H3,(H2,12,16)(H,17,18)(H2,14,15,19)/t8-/m1/s1. The lowest BCUT2D eigenvalue weighted by Gasteiger charge is -2.14. The van der Waals surface area contributed by atoms with Gasteiger partial charge < -0.3 is 21.5 Å². The lowest BCUT2D eigenvalue weighted by Crippen LogP contribution is -2.46. The summed E-state index contributed by atoms with van der Waals surface area (Å²) >= 11 is 1.44. The molecule has 0 aliphatic carbocycles. The number of nitrogens with one attached hydrogen (secondary N) is 2. The van der Waals surface area contributed by atoms with Crippen molar-refractivity contribution in [2.24, 2.45) is 5.73 Å². The van der Waals surface area contributed by atoms with Gasteiger partial charge >= 0.3 is 12.0 Å².